The van der Waals surface area contributed by atoms with Gasteiger partial charge in [-0.25, -0.2) is 0 Å². The number of halogens is 3. The third-order valence-corrected chi connectivity index (χ3v) is 5.43. The smallest absolute Gasteiger partial charge is 0.354 e. The van der Waals surface area contributed by atoms with E-state index >= 15 is 0 Å². The lowest BCUT2D eigenvalue weighted by Crippen LogP contribution is -2.51. The highest BCUT2D eigenvalue weighted by atomic mass is 19.4. The number of benzene rings is 1. The molecule has 0 saturated carbocycles. The molecule has 0 spiro atoms. The SMILES string of the molecule is CN=C(NCc1cn(C)nc1C(F)(F)F)NC1CCN(Cc2ccccc2)C(C)C1. The molecule has 1 fully saturated rings. The van der Waals surface area contributed by atoms with Crippen molar-refractivity contribution in [2.75, 3.05) is 13.6 Å². The summed E-state index contributed by atoms with van der Waals surface area (Å²) in [5.41, 5.74) is 0.528. The van der Waals surface area contributed by atoms with Crippen molar-refractivity contribution in [1.82, 2.24) is 25.3 Å². The molecule has 1 aliphatic heterocycles. The van der Waals surface area contributed by atoms with Gasteiger partial charge in [0.2, 0.25) is 0 Å². The number of likely N-dealkylation sites (tertiary alicyclic amines) is 1. The highest BCUT2D eigenvalue weighted by molar-refractivity contribution is 5.80. The maximum atomic E-state index is 13.1. The van der Waals surface area contributed by atoms with E-state index in [0.29, 0.717) is 12.0 Å². The van der Waals surface area contributed by atoms with Crippen molar-refractivity contribution in [3.8, 4) is 0 Å². The lowest BCUT2D eigenvalue weighted by Gasteiger charge is -2.38. The van der Waals surface area contributed by atoms with Crippen LogP contribution in [0.2, 0.25) is 0 Å². The van der Waals surface area contributed by atoms with Crippen molar-refractivity contribution in [2.45, 2.75) is 51.1 Å². The van der Waals surface area contributed by atoms with Gasteiger partial charge in [-0.2, -0.15) is 18.3 Å². The van der Waals surface area contributed by atoms with E-state index in [2.05, 4.69) is 56.8 Å². The van der Waals surface area contributed by atoms with E-state index in [1.54, 1.807) is 7.05 Å². The number of aliphatic imine (C=N–C) groups is 1. The average molecular weight is 422 g/mol. The maximum absolute atomic E-state index is 13.1. The van der Waals surface area contributed by atoms with Crippen LogP contribution in [0.1, 0.15) is 36.6 Å². The number of piperidine rings is 1. The Morgan fingerprint density at radius 2 is 2.00 bits per heavy atom. The van der Waals surface area contributed by atoms with Gasteiger partial charge in [0.25, 0.3) is 0 Å². The second-order valence-corrected chi connectivity index (χ2v) is 7.77. The third kappa shape index (κ3) is 5.75. The fourth-order valence-corrected chi connectivity index (χ4v) is 3.88. The quantitative estimate of drug-likeness (QED) is 0.574. The summed E-state index contributed by atoms with van der Waals surface area (Å²) in [5.74, 6) is 0.501. The molecule has 0 radical (unpaired) electrons. The molecule has 164 valence electrons. The number of hydrogen-bond donors (Lipinski definition) is 2. The van der Waals surface area contributed by atoms with E-state index < -0.39 is 11.9 Å². The van der Waals surface area contributed by atoms with Crippen LogP contribution in [0.15, 0.2) is 41.5 Å². The molecule has 2 N–H and O–H groups in total. The van der Waals surface area contributed by atoms with Crippen LogP contribution in [0.4, 0.5) is 13.2 Å². The van der Waals surface area contributed by atoms with E-state index in [1.807, 2.05) is 6.07 Å². The molecule has 2 atom stereocenters. The number of guanidine groups is 1. The van der Waals surface area contributed by atoms with Crippen molar-refractivity contribution in [3.63, 3.8) is 0 Å². The summed E-state index contributed by atoms with van der Waals surface area (Å²) in [7, 11) is 3.10. The molecule has 0 amide bonds. The van der Waals surface area contributed by atoms with Crippen molar-refractivity contribution >= 4 is 5.96 Å². The standard InChI is InChI=1S/C21H29F3N6/c1-15-11-18(9-10-30(15)13-16-7-5-4-6-8-16)27-20(25-2)26-12-17-14-29(3)28-19(17)21(22,23)24/h4-8,14-15,18H,9-13H2,1-3H3,(H2,25,26,27). The van der Waals surface area contributed by atoms with Crippen molar-refractivity contribution < 1.29 is 13.2 Å². The Hall–Kier alpha value is -2.55. The molecular formula is C21H29F3N6. The fraction of sp³-hybridized carbons (Fsp3) is 0.524. The second kappa shape index (κ2) is 9.51. The Morgan fingerprint density at radius 3 is 2.63 bits per heavy atom. The maximum Gasteiger partial charge on any atom is 0.435 e. The number of aryl methyl sites for hydroxylation is 1. The fourth-order valence-electron chi connectivity index (χ4n) is 3.88. The molecule has 9 heteroatoms. The van der Waals surface area contributed by atoms with Crippen molar-refractivity contribution in [2.24, 2.45) is 12.0 Å². The van der Waals surface area contributed by atoms with E-state index in [4.69, 9.17) is 0 Å². The van der Waals surface area contributed by atoms with Gasteiger partial charge in [0.05, 0.1) is 0 Å². The first kappa shape index (κ1) is 22.1. The van der Waals surface area contributed by atoms with E-state index in [9.17, 15) is 13.2 Å². The molecule has 6 nitrogen and oxygen atoms in total. The van der Waals surface area contributed by atoms with Gasteiger partial charge < -0.3 is 10.6 Å². The van der Waals surface area contributed by atoms with Crippen LogP contribution in [0.5, 0.6) is 0 Å². The van der Waals surface area contributed by atoms with Crippen LogP contribution in [-0.4, -0.2) is 46.3 Å². The Labute approximate surface area is 175 Å². The number of nitrogens with one attached hydrogen (secondary N) is 2. The summed E-state index contributed by atoms with van der Waals surface area (Å²) in [6, 6.07) is 11.0. The van der Waals surface area contributed by atoms with Gasteiger partial charge in [-0.15, -0.1) is 0 Å². The van der Waals surface area contributed by atoms with Gasteiger partial charge in [-0.05, 0) is 25.3 Å². The highest BCUT2D eigenvalue weighted by Gasteiger charge is 2.36. The first-order chi connectivity index (χ1) is 14.3. The molecule has 30 heavy (non-hydrogen) atoms. The Morgan fingerprint density at radius 1 is 1.27 bits per heavy atom. The minimum Gasteiger partial charge on any atom is -0.354 e. The molecule has 1 saturated heterocycles. The molecule has 0 aliphatic carbocycles. The molecule has 3 rings (SSSR count). The first-order valence-corrected chi connectivity index (χ1v) is 10.1. The van der Waals surface area contributed by atoms with Crippen LogP contribution in [0, 0.1) is 0 Å². The van der Waals surface area contributed by atoms with Crippen molar-refractivity contribution in [3.05, 3.63) is 53.3 Å². The summed E-state index contributed by atoms with van der Waals surface area (Å²) in [4.78, 5) is 6.63. The summed E-state index contributed by atoms with van der Waals surface area (Å²) < 4.78 is 40.5. The molecule has 2 heterocycles. The predicted octanol–water partition coefficient (Wildman–Crippen LogP) is 3.16. The predicted molar refractivity (Wildman–Crippen MR) is 111 cm³/mol. The number of nitrogens with zero attached hydrogens (tertiary/aromatic N) is 4. The van der Waals surface area contributed by atoms with Crippen LogP contribution in [0.3, 0.4) is 0 Å². The first-order valence-electron chi connectivity index (χ1n) is 10.1. The second-order valence-electron chi connectivity index (χ2n) is 7.77. The molecule has 2 unspecified atom stereocenters. The molecular weight excluding hydrogens is 393 g/mol. The summed E-state index contributed by atoms with van der Waals surface area (Å²) in [5, 5.41) is 9.90. The lowest BCUT2D eigenvalue weighted by atomic mass is 9.97. The average Bonchev–Trinajstić information content (AvgIpc) is 3.09. The summed E-state index contributed by atoms with van der Waals surface area (Å²) in [6.07, 6.45) is -1.21. The van der Waals surface area contributed by atoms with Crippen LogP contribution in [0.25, 0.3) is 0 Å². The topological polar surface area (TPSA) is 57.5 Å². The molecule has 1 aliphatic rings. The Balaban J connectivity index is 1.52. The van der Waals surface area contributed by atoms with Gasteiger partial charge >= 0.3 is 6.18 Å². The van der Waals surface area contributed by atoms with Crippen LogP contribution in [-0.2, 0) is 26.3 Å². The minimum absolute atomic E-state index is 0.00472. The van der Waals surface area contributed by atoms with Gasteiger partial charge in [-0.1, -0.05) is 30.3 Å². The molecule has 0 bridgehead atoms. The zero-order chi connectivity index (χ0) is 21.7. The number of alkyl halides is 3. The normalized spacial score (nSPS) is 20.9. The number of hydrogen-bond acceptors (Lipinski definition) is 3. The van der Waals surface area contributed by atoms with Crippen LogP contribution < -0.4 is 10.6 Å². The summed E-state index contributed by atoms with van der Waals surface area (Å²) >= 11 is 0. The van der Waals surface area contributed by atoms with Gasteiger partial charge in [-0.3, -0.25) is 14.6 Å². The number of rotatable bonds is 5. The zero-order valence-corrected chi connectivity index (χ0v) is 17.6. The summed E-state index contributed by atoms with van der Waals surface area (Å²) in [6.45, 7) is 4.08. The third-order valence-electron chi connectivity index (χ3n) is 5.43. The van der Waals surface area contributed by atoms with Gasteiger partial charge in [0.1, 0.15) is 0 Å². The highest BCUT2D eigenvalue weighted by Crippen LogP contribution is 2.30. The Bertz CT molecular complexity index is 846. The van der Waals surface area contributed by atoms with E-state index in [-0.39, 0.29) is 18.2 Å². The zero-order valence-electron chi connectivity index (χ0n) is 17.6. The minimum atomic E-state index is -4.48. The van der Waals surface area contributed by atoms with E-state index in [1.165, 1.54) is 23.5 Å². The van der Waals surface area contributed by atoms with Crippen LogP contribution >= 0.6 is 0 Å². The lowest BCUT2D eigenvalue weighted by molar-refractivity contribution is -0.142. The van der Waals surface area contributed by atoms with Crippen molar-refractivity contribution in [1.29, 1.82) is 0 Å². The molecule has 1 aromatic heterocycles. The largest absolute Gasteiger partial charge is 0.435 e. The van der Waals surface area contributed by atoms with Gasteiger partial charge in [0, 0.05) is 57.6 Å². The number of aromatic nitrogens is 2. The Kier molecular flexibility index (Phi) is 7.02. The van der Waals surface area contributed by atoms with E-state index in [0.717, 1.165) is 25.9 Å². The molecule has 2 aromatic rings. The molecule has 1 aromatic carbocycles. The monoisotopic (exact) mass is 422 g/mol. The van der Waals surface area contributed by atoms with Gasteiger partial charge in [0.15, 0.2) is 11.7 Å².